The first-order valence-electron chi connectivity index (χ1n) is 9.52. The third kappa shape index (κ3) is 5.93. The van der Waals surface area contributed by atoms with Crippen molar-refractivity contribution in [2.45, 2.75) is 89.9 Å². The molecule has 0 bridgehead atoms. The minimum atomic E-state index is -0.469. The number of methoxy groups -OCH3 is 1. The van der Waals surface area contributed by atoms with Crippen molar-refractivity contribution in [3.63, 3.8) is 0 Å². The second-order valence-electron chi connectivity index (χ2n) is 6.66. The fraction of sp³-hybridized carbons (Fsp3) is 0.789. The maximum atomic E-state index is 11.5. The highest BCUT2D eigenvalue weighted by atomic mass is 16.6. The zero-order valence-corrected chi connectivity index (χ0v) is 15.2. The molecule has 1 aromatic heterocycles. The maximum absolute atomic E-state index is 11.5. The lowest BCUT2D eigenvalue weighted by Crippen LogP contribution is -2.11. The van der Waals surface area contributed by atoms with Gasteiger partial charge in [-0.25, -0.2) is 9.78 Å². The molecule has 0 aliphatic carbocycles. The average Bonchev–Trinajstić information content (AvgIpc) is 3.26. The summed E-state index contributed by atoms with van der Waals surface area (Å²) in [5.41, 5.74) is 0. The van der Waals surface area contributed by atoms with Gasteiger partial charge in [-0.2, -0.15) is 0 Å². The first-order chi connectivity index (χ1) is 11.8. The van der Waals surface area contributed by atoms with Crippen LogP contribution in [0.25, 0.3) is 0 Å². The van der Waals surface area contributed by atoms with Gasteiger partial charge in [0.25, 0.3) is 0 Å². The Bertz CT molecular complexity index is 487. The minimum Gasteiger partial charge on any atom is -0.467 e. The SMILES string of the molecule is CCCCCCCCCCCCn1ccnc1C1OC1C(=O)OC. The van der Waals surface area contributed by atoms with Crippen LogP contribution in [0.4, 0.5) is 0 Å². The molecule has 1 fully saturated rings. The fourth-order valence-electron chi connectivity index (χ4n) is 3.14. The summed E-state index contributed by atoms with van der Waals surface area (Å²) in [5.74, 6) is 0.537. The highest BCUT2D eigenvalue weighted by Gasteiger charge is 2.49. The Morgan fingerprint density at radius 3 is 2.38 bits per heavy atom. The van der Waals surface area contributed by atoms with Crippen LogP contribution in [0, 0.1) is 0 Å². The molecule has 0 spiro atoms. The molecule has 2 heterocycles. The molecule has 1 saturated heterocycles. The van der Waals surface area contributed by atoms with E-state index in [4.69, 9.17) is 9.47 Å². The van der Waals surface area contributed by atoms with E-state index in [0.717, 1.165) is 18.8 Å². The quantitative estimate of drug-likeness (QED) is 0.304. The van der Waals surface area contributed by atoms with Crippen molar-refractivity contribution in [1.29, 1.82) is 0 Å². The molecule has 2 unspecified atom stereocenters. The number of carbonyl (C=O) groups excluding carboxylic acids is 1. The van der Waals surface area contributed by atoms with Crippen LogP contribution in [0.5, 0.6) is 0 Å². The summed E-state index contributed by atoms with van der Waals surface area (Å²) in [6, 6.07) is 0. The Kier molecular flexibility index (Phi) is 8.29. The number of unbranched alkanes of at least 4 members (excludes halogenated alkanes) is 9. The summed E-state index contributed by atoms with van der Waals surface area (Å²) in [6.07, 6.45) is 16.4. The molecule has 1 aliphatic heterocycles. The predicted molar refractivity (Wildman–Crippen MR) is 93.7 cm³/mol. The number of nitrogens with zero attached hydrogens (tertiary/aromatic N) is 2. The van der Waals surface area contributed by atoms with Crippen molar-refractivity contribution in [1.82, 2.24) is 9.55 Å². The Morgan fingerprint density at radius 1 is 1.12 bits per heavy atom. The van der Waals surface area contributed by atoms with Crippen molar-refractivity contribution in [2.24, 2.45) is 0 Å². The van der Waals surface area contributed by atoms with Gasteiger partial charge >= 0.3 is 5.97 Å². The molecule has 5 nitrogen and oxygen atoms in total. The van der Waals surface area contributed by atoms with E-state index in [-0.39, 0.29) is 12.1 Å². The van der Waals surface area contributed by atoms with Gasteiger partial charge < -0.3 is 14.0 Å². The molecule has 5 heteroatoms. The van der Waals surface area contributed by atoms with Gasteiger partial charge in [-0.05, 0) is 6.42 Å². The van der Waals surface area contributed by atoms with E-state index >= 15 is 0 Å². The Hall–Kier alpha value is -1.36. The van der Waals surface area contributed by atoms with Crippen molar-refractivity contribution in [3.05, 3.63) is 18.2 Å². The van der Waals surface area contributed by atoms with Crippen LogP contribution in [0.3, 0.4) is 0 Å². The number of ether oxygens (including phenoxy) is 2. The Labute approximate surface area is 145 Å². The highest BCUT2D eigenvalue weighted by Crippen LogP contribution is 2.38. The average molecular weight is 336 g/mol. The highest BCUT2D eigenvalue weighted by molar-refractivity contribution is 5.78. The number of aromatic nitrogens is 2. The van der Waals surface area contributed by atoms with Gasteiger partial charge in [0.05, 0.1) is 7.11 Å². The van der Waals surface area contributed by atoms with Crippen LogP contribution in [0.15, 0.2) is 12.4 Å². The Balaban J connectivity index is 1.54. The van der Waals surface area contributed by atoms with Crippen LogP contribution < -0.4 is 0 Å². The molecule has 2 rings (SSSR count). The summed E-state index contributed by atoms with van der Waals surface area (Å²) in [6.45, 7) is 3.20. The number of hydrogen-bond donors (Lipinski definition) is 0. The fourth-order valence-corrected chi connectivity index (χ4v) is 3.14. The zero-order valence-electron chi connectivity index (χ0n) is 15.2. The van der Waals surface area contributed by atoms with Gasteiger partial charge in [0.15, 0.2) is 12.2 Å². The molecule has 136 valence electrons. The smallest absolute Gasteiger partial charge is 0.338 e. The number of epoxide rings is 1. The number of imidazole rings is 1. The van der Waals surface area contributed by atoms with Crippen LogP contribution in [0.2, 0.25) is 0 Å². The second kappa shape index (κ2) is 10.5. The predicted octanol–water partition coefficient (Wildman–Crippen LogP) is 4.42. The molecular formula is C19H32N2O3. The number of hydrogen-bond acceptors (Lipinski definition) is 4. The normalized spacial score (nSPS) is 19.4. The van der Waals surface area contributed by atoms with Gasteiger partial charge in [0, 0.05) is 18.9 Å². The van der Waals surface area contributed by atoms with E-state index in [2.05, 4.69) is 16.5 Å². The number of rotatable bonds is 13. The molecule has 0 saturated carbocycles. The van der Waals surface area contributed by atoms with Crippen molar-refractivity contribution >= 4 is 5.97 Å². The van der Waals surface area contributed by atoms with E-state index < -0.39 is 6.10 Å². The van der Waals surface area contributed by atoms with Crippen molar-refractivity contribution in [3.8, 4) is 0 Å². The molecule has 2 atom stereocenters. The van der Waals surface area contributed by atoms with Gasteiger partial charge in [0.2, 0.25) is 0 Å². The summed E-state index contributed by atoms with van der Waals surface area (Å²) < 4.78 is 12.2. The zero-order chi connectivity index (χ0) is 17.2. The minimum absolute atomic E-state index is 0.226. The van der Waals surface area contributed by atoms with Gasteiger partial charge in [-0.15, -0.1) is 0 Å². The van der Waals surface area contributed by atoms with Crippen LogP contribution in [-0.4, -0.2) is 28.7 Å². The van der Waals surface area contributed by atoms with E-state index in [0.29, 0.717) is 0 Å². The molecule has 1 aliphatic rings. The van der Waals surface area contributed by atoms with E-state index in [1.165, 1.54) is 64.9 Å². The van der Waals surface area contributed by atoms with Gasteiger partial charge in [-0.1, -0.05) is 64.7 Å². The van der Waals surface area contributed by atoms with Gasteiger partial charge in [0.1, 0.15) is 5.82 Å². The summed E-state index contributed by atoms with van der Waals surface area (Å²) in [4.78, 5) is 15.8. The lowest BCUT2D eigenvalue weighted by atomic mass is 10.1. The lowest BCUT2D eigenvalue weighted by Gasteiger charge is -2.06. The topological polar surface area (TPSA) is 56.7 Å². The van der Waals surface area contributed by atoms with Crippen molar-refractivity contribution in [2.75, 3.05) is 7.11 Å². The molecule has 1 aromatic rings. The molecular weight excluding hydrogens is 304 g/mol. The summed E-state index contributed by atoms with van der Waals surface area (Å²) in [5, 5.41) is 0. The largest absolute Gasteiger partial charge is 0.467 e. The van der Waals surface area contributed by atoms with Crippen molar-refractivity contribution < 1.29 is 14.3 Å². The van der Waals surface area contributed by atoms with Crippen LogP contribution in [0.1, 0.15) is 83.1 Å². The summed E-state index contributed by atoms with van der Waals surface area (Å²) >= 11 is 0. The van der Waals surface area contributed by atoms with Gasteiger partial charge in [-0.3, -0.25) is 0 Å². The monoisotopic (exact) mass is 336 g/mol. The number of esters is 1. The molecule has 0 N–H and O–H groups in total. The third-order valence-electron chi connectivity index (χ3n) is 4.68. The molecule has 0 amide bonds. The number of aryl methyl sites for hydroxylation is 1. The first kappa shape index (κ1) is 19.0. The molecule has 0 aromatic carbocycles. The summed E-state index contributed by atoms with van der Waals surface area (Å²) in [7, 11) is 1.39. The van der Waals surface area contributed by atoms with E-state index in [1.807, 2.05) is 6.20 Å². The van der Waals surface area contributed by atoms with E-state index in [9.17, 15) is 4.79 Å². The molecule has 0 radical (unpaired) electrons. The lowest BCUT2D eigenvalue weighted by molar-refractivity contribution is -0.142. The maximum Gasteiger partial charge on any atom is 0.338 e. The second-order valence-corrected chi connectivity index (χ2v) is 6.66. The first-order valence-corrected chi connectivity index (χ1v) is 9.52. The number of carbonyl (C=O) groups is 1. The Morgan fingerprint density at radius 2 is 1.75 bits per heavy atom. The van der Waals surface area contributed by atoms with Crippen LogP contribution >= 0.6 is 0 Å². The van der Waals surface area contributed by atoms with Crippen LogP contribution in [-0.2, 0) is 20.8 Å². The third-order valence-corrected chi connectivity index (χ3v) is 4.68. The standard InChI is InChI=1S/C19H32N2O3/c1-3-4-5-6-7-8-9-10-11-12-14-21-15-13-20-18(21)16-17(24-16)19(22)23-2/h13,15-17H,3-12,14H2,1-2H3. The van der Waals surface area contributed by atoms with E-state index in [1.54, 1.807) is 6.20 Å². The molecule has 24 heavy (non-hydrogen) atoms.